The van der Waals surface area contributed by atoms with Crippen molar-refractivity contribution in [2.45, 2.75) is 40.8 Å². The van der Waals surface area contributed by atoms with E-state index in [1.54, 1.807) is 48.1 Å². The summed E-state index contributed by atoms with van der Waals surface area (Å²) in [7, 11) is 3.11. The van der Waals surface area contributed by atoms with Crippen LogP contribution in [0.4, 0.5) is 14.6 Å². The van der Waals surface area contributed by atoms with E-state index in [0.717, 1.165) is 10.9 Å². The number of aromatic nitrogens is 3. The fraction of sp³-hybridized carbons (Fsp3) is 0.242. The van der Waals surface area contributed by atoms with Crippen molar-refractivity contribution in [1.29, 1.82) is 0 Å². The Hall–Kier alpha value is -4.99. The first-order valence-corrected chi connectivity index (χ1v) is 14.1. The average molecular weight is 588 g/mol. The molecule has 0 saturated carbocycles. The van der Waals surface area contributed by atoms with Gasteiger partial charge in [0.2, 0.25) is 0 Å². The second-order valence-corrected chi connectivity index (χ2v) is 9.12. The zero-order chi connectivity index (χ0) is 31.3. The van der Waals surface area contributed by atoms with Gasteiger partial charge in [-0.1, -0.05) is 33.8 Å². The molecule has 0 atom stereocenters. The number of hydrogen-bond acceptors (Lipinski definition) is 6. The van der Waals surface area contributed by atoms with E-state index in [-0.39, 0.29) is 30.3 Å². The van der Waals surface area contributed by atoms with Gasteiger partial charge in [0.05, 0.1) is 55.5 Å². The molecule has 1 aliphatic rings. The molecule has 10 heteroatoms. The highest BCUT2D eigenvalue weighted by atomic mass is 19.1. The van der Waals surface area contributed by atoms with Gasteiger partial charge in [0.25, 0.3) is 5.91 Å². The van der Waals surface area contributed by atoms with Crippen LogP contribution in [-0.4, -0.2) is 39.6 Å². The molecule has 4 heterocycles. The van der Waals surface area contributed by atoms with Gasteiger partial charge in [-0.2, -0.15) is 0 Å². The number of methoxy groups -OCH3 is 2. The lowest BCUT2D eigenvalue weighted by molar-refractivity contribution is 0.0765. The van der Waals surface area contributed by atoms with Crippen molar-refractivity contribution in [2.75, 3.05) is 20.0 Å². The van der Waals surface area contributed by atoms with Crippen molar-refractivity contribution < 1.29 is 23.0 Å². The number of nitrogen functional groups attached to an aromatic ring is 1. The molecule has 8 nitrogen and oxygen atoms in total. The number of benzene rings is 2. The Balaban J connectivity index is 0.00000102. The number of amides is 1. The molecule has 2 aromatic carbocycles. The number of ether oxygens (including phenoxy) is 2. The summed E-state index contributed by atoms with van der Waals surface area (Å²) in [6, 6.07) is 15.8. The van der Waals surface area contributed by atoms with E-state index in [1.807, 2.05) is 45.9 Å². The van der Waals surface area contributed by atoms with Crippen LogP contribution >= 0.6 is 0 Å². The summed E-state index contributed by atoms with van der Waals surface area (Å²) in [6.45, 7) is 8.36. The number of hydrogen-bond donors (Lipinski definition) is 1. The van der Waals surface area contributed by atoms with Crippen LogP contribution < -0.4 is 15.2 Å². The van der Waals surface area contributed by atoms with Crippen LogP contribution in [0.2, 0.25) is 0 Å². The van der Waals surface area contributed by atoms with Crippen LogP contribution in [0.3, 0.4) is 0 Å². The van der Waals surface area contributed by atoms with Crippen LogP contribution in [0.15, 0.2) is 66.9 Å². The van der Waals surface area contributed by atoms with Crippen molar-refractivity contribution in [3.8, 4) is 28.4 Å². The van der Waals surface area contributed by atoms with Crippen molar-refractivity contribution in [2.24, 2.45) is 0 Å². The van der Waals surface area contributed by atoms with E-state index < -0.39 is 11.6 Å². The first-order chi connectivity index (χ1) is 20.9. The highest BCUT2D eigenvalue weighted by molar-refractivity contribution is 6.02. The molecule has 0 fully saturated rings. The Morgan fingerprint density at radius 3 is 2.28 bits per heavy atom. The fourth-order valence-electron chi connectivity index (χ4n) is 4.93. The molecule has 3 aromatic heterocycles. The second kappa shape index (κ2) is 13.3. The lowest BCUT2D eigenvalue weighted by atomic mass is 10.1. The summed E-state index contributed by atoms with van der Waals surface area (Å²) in [5, 5.41) is 0.790. The summed E-state index contributed by atoms with van der Waals surface area (Å²) >= 11 is 0. The first-order valence-electron chi connectivity index (χ1n) is 14.1. The van der Waals surface area contributed by atoms with Gasteiger partial charge in [-0.3, -0.25) is 4.79 Å². The van der Waals surface area contributed by atoms with E-state index in [0.29, 0.717) is 39.9 Å². The van der Waals surface area contributed by atoms with Gasteiger partial charge in [-0.05, 0) is 48.5 Å². The Morgan fingerprint density at radius 1 is 0.884 bits per heavy atom. The van der Waals surface area contributed by atoms with Crippen LogP contribution in [0.25, 0.3) is 28.0 Å². The Labute approximate surface area is 249 Å². The van der Waals surface area contributed by atoms with Gasteiger partial charge in [-0.25, -0.2) is 18.7 Å². The monoisotopic (exact) mass is 587 g/mol. The average Bonchev–Trinajstić information content (AvgIpc) is 3.59. The maximum absolute atomic E-state index is 14.8. The maximum Gasteiger partial charge on any atom is 0.258 e. The summed E-state index contributed by atoms with van der Waals surface area (Å²) in [5.41, 5.74) is 8.15. The minimum Gasteiger partial charge on any atom is -0.497 e. The van der Waals surface area contributed by atoms with E-state index in [1.165, 1.54) is 24.3 Å². The van der Waals surface area contributed by atoms with Crippen LogP contribution in [0.1, 0.15) is 49.3 Å². The summed E-state index contributed by atoms with van der Waals surface area (Å²) in [4.78, 5) is 24.5. The topological polar surface area (TPSA) is 95.5 Å². The SMILES string of the molecule is CC.CC.COc1ccc(CN2Cc3nc(-c4c(F)cccc4F)cc(-n4ccc5ccc(N)nc54)c3C2=O)c(OC)c1. The smallest absolute Gasteiger partial charge is 0.258 e. The standard InChI is InChI=1S/C29H23F2N5O3.2C2H6/c1-38-18-8-6-17(24(12-18)39-2)14-35-15-22-27(29(35)37)23(36-11-10-16-7-9-25(32)34-28(16)36)13-21(33-22)26-19(30)4-3-5-20(26)31;2*1-2/h3-13H,14-15H2,1-2H3,(H2,32,34);2*1-2H3. The number of fused-ring (bicyclic) bond motifs is 2. The number of pyridine rings is 2. The van der Waals surface area contributed by atoms with E-state index >= 15 is 0 Å². The Kier molecular flexibility index (Phi) is 9.59. The van der Waals surface area contributed by atoms with Gasteiger partial charge in [0.1, 0.15) is 34.6 Å². The number of nitrogens with two attached hydrogens (primary N) is 1. The minimum atomic E-state index is -0.753. The quantitative estimate of drug-likeness (QED) is 0.226. The molecule has 1 amide bonds. The first kappa shape index (κ1) is 31.0. The molecule has 0 unspecified atom stereocenters. The van der Waals surface area contributed by atoms with Crippen molar-refractivity contribution in [1.82, 2.24) is 19.4 Å². The van der Waals surface area contributed by atoms with Gasteiger partial charge in [0.15, 0.2) is 0 Å². The third kappa shape index (κ3) is 5.86. The molecule has 224 valence electrons. The van der Waals surface area contributed by atoms with Crippen LogP contribution in [0.5, 0.6) is 11.5 Å². The highest BCUT2D eigenvalue weighted by Crippen LogP contribution is 2.36. The van der Waals surface area contributed by atoms with Gasteiger partial charge < -0.3 is 24.7 Å². The number of carbonyl (C=O) groups excluding carboxylic acids is 1. The molecule has 43 heavy (non-hydrogen) atoms. The molecular formula is C33H35F2N5O3. The molecule has 0 bridgehead atoms. The number of carbonyl (C=O) groups is 1. The van der Waals surface area contributed by atoms with E-state index in [2.05, 4.69) is 9.97 Å². The van der Waals surface area contributed by atoms with Gasteiger partial charge in [0, 0.05) is 23.2 Å². The molecule has 5 aromatic rings. The van der Waals surface area contributed by atoms with Crippen molar-refractivity contribution in [3.63, 3.8) is 0 Å². The van der Waals surface area contributed by atoms with Crippen LogP contribution in [-0.2, 0) is 13.1 Å². The van der Waals surface area contributed by atoms with Crippen LogP contribution in [0, 0.1) is 11.6 Å². The fourth-order valence-corrected chi connectivity index (χ4v) is 4.93. The molecule has 0 spiro atoms. The Morgan fingerprint density at radius 2 is 1.60 bits per heavy atom. The summed E-state index contributed by atoms with van der Waals surface area (Å²) in [5.74, 6) is -0.297. The number of halogens is 2. The largest absolute Gasteiger partial charge is 0.497 e. The van der Waals surface area contributed by atoms with E-state index in [9.17, 15) is 13.6 Å². The molecule has 0 saturated heterocycles. The number of anilines is 1. The maximum atomic E-state index is 14.8. The normalized spacial score (nSPS) is 11.8. The molecule has 6 rings (SSSR count). The zero-order valence-electron chi connectivity index (χ0n) is 25.1. The third-order valence-corrected chi connectivity index (χ3v) is 6.81. The van der Waals surface area contributed by atoms with Gasteiger partial charge >= 0.3 is 0 Å². The predicted octanol–water partition coefficient (Wildman–Crippen LogP) is 7.17. The third-order valence-electron chi connectivity index (χ3n) is 6.81. The van der Waals surface area contributed by atoms with Crippen molar-refractivity contribution >= 4 is 22.8 Å². The number of rotatable bonds is 6. The molecule has 0 aliphatic carbocycles. The molecule has 1 aliphatic heterocycles. The van der Waals surface area contributed by atoms with Crippen molar-refractivity contribution in [3.05, 3.63) is 95.3 Å². The minimum absolute atomic E-state index is 0.0711. The number of nitrogens with zero attached hydrogens (tertiary/aromatic N) is 4. The molecule has 2 N–H and O–H groups in total. The van der Waals surface area contributed by atoms with E-state index in [4.69, 9.17) is 15.2 Å². The lowest BCUT2D eigenvalue weighted by Crippen LogP contribution is -2.24. The highest BCUT2D eigenvalue weighted by Gasteiger charge is 2.34. The van der Waals surface area contributed by atoms with Gasteiger partial charge in [-0.15, -0.1) is 0 Å². The lowest BCUT2D eigenvalue weighted by Gasteiger charge is -2.18. The molecule has 0 radical (unpaired) electrons. The second-order valence-electron chi connectivity index (χ2n) is 9.12. The summed E-state index contributed by atoms with van der Waals surface area (Å²) in [6.07, 6.45) is 1.75. The predicted molar refractivity (Wildman–Crippen MR) is 164 cm³/mol. The zero-order valence-corrected chi connectivity index (χ0v) is 25.1. The summed E-state index contributed by atoms with van der Waals surface area (Å²) < 4.78 is 42.2. The Bertz CT molecular complexity index is 1750. The molecular weight excluding hydrogens is 552 g/mol.